The molecule has 0 amide bonds. The molecule has 0 saturated heterocycles. The maximum atomic E-state index is 12.4. The lowest BCUT2D eigenvalue weighted by atomic mass is 9.96. The topological polar surface area (TPSA) is 26.3 Å². The van der Waals surface area contributed by atoms with E-state index in [1.165, 1.54) is 31.2 Å². The van der Waals surface area contributed by atoms with Gasteiger partial charge in [0.15, 0.2) is 5.78 Å². The fourth-order valence-corrected chi connectivity index (χ4v) is 3.75. The molecule has 0 N–H and O–H groups in total. The molecule has 2 nitrogen and oxygen atoms in total. The molecule has 2 aliphatic rings. The van der Waals surface area contributed by atoms with E-state index in [2.05, 4.69) is 22.0 Å². The molecule has 1 saturated carbocycles. The standard InChI is InChI=1S/C16H19BrO2/c17-13-9-12-7-8-19-16(12)14(10-13)15(18)6-5-11-3-1-2-4-11/h9-11H,1-8H2. The van der Waals surface area contributed by atoms with Gasteiger partial charge < -0.3 is 4.74 Å². The number of ether oxygens (including phenoxy) is 1. The average Bonchev–Trinajstić information content (AvgIpc) is 3.05. The van der Waals surface area contributed by atoms with Gasteiger partial charge in [-0.3, -0.25) is 4.79 Å². The van der Waals surface area contributed by atoms with Crippen molar-refractivity contribution in [2.45, 2.75) is 44.9 Å². The first-order chi connectivity index (χ1) is 9.24. The van der Waals surface area contributed by atoms with Crippen LogP contribution in [0.15, 0.2) is 16.6 Å². The SMILES string of the molecule is O=C(CCC1CCCC1)c1cc(Br)cc2c1OCC2. The Hall–Kier alpha value is -0.830. The third-order valence-electron chi connectivity index (χ3n) is 4.30. The van der Waals surface area contributed by atoms with Crippen molar-refractivity contribution in [1.82, 2.24) is 0 Å². The van der Waals surface area contributed by atoms with Crippen LogP contribution in [-0.2, 0) is 6.42 Å². The molecule has 0 spiro atoms. The number of carbonyl (C=O) groups excluding carboxylic acids is 1. The van der Waals surface area contributed by atoms with E-state index < -0.39 is 0 Å². The van der Waals surface area contributed by atoms with Crippen LogP contribution in [0, 0.1) is 5.92 Å². The van der Waals surface area contributed by atoms with Crippen molar-refractivity contribution in [3.05, 3.63) is 27.7 Å². The Morgan fingerprint density at radius 3 is 2.89 bits per heavy atom. The minimum atomic E-state index is 0.242. The summed E-state index contributed by atoms with van der Waals surface area (Å²) in [6.45, 7) is 0.703. The van der Waals surface area contributed by atoms with Crippen molar-refractivity contribution < 1.29 is 9.53 Å². The molecule has 3 heteroatoms. The molecule has 1 heterocycles. The summed E-state index contributed by atoms with van der Waals surface area (Å²) in [4.78, 5) is 12.4. The van der Waals surface area contributed by atoms with Crippen LogP contribution in [0.4, 0.5) is 0 Å². The number of ketones is 1. The first kappa shape index (κ1) is 13.2. The van der Waals surface area contributed by atoms with E-state index >= 15 is 0 Å². The molecule has 0 radical (unpaired) electrons. The number of hydrogen-bond acceptors (Lipinski definition) is 2. The summed E-state index contributed by atoms with van der Waals surface area (Å²) >= 11 is 3.49. The van der Waals surface area contributed by atoms with Crippen LogP contribution in [0.3, 0.4) is 0 Å². The van der Waals surface area contributed by atoms with Crippen molar-refractivity contribution in [2.24, 2.45) is 5.92 Å². The smallest absolute Gasteiger partial charge is 0.166 e. The highest BCUT2D eigenvalue weighted by atomic mass is 79.9. The van der Waals surface area contributed by atoms with Crippen molar-refractivity contribution in [3.63, 3.8) is 0 Å². The van der Waals surface area contributed by atoms with E-state index in [1.807, 2.05) is 6.07 Å². The van der Waals surface area contributed by atoms with Gasteiger partial charge in [0.2, 0.25) is 0 Å². The van der Waals surface area contributed by atoms with Gasteiger partial charge in [-0.15, -0.1) is 0 Å². The maximum Gasteiger partial charge on any atom is 0.166 e. The van der Waals surface area contributed by atoms with Crippen LogP contribution in [0.25, 0.3) is 0 Å². The maximum absolute atomic E-state index is 12.4. The fraction of sp³-hybridized carbons (Fsp3) is 0.562. The molecule has 0 aromatic heterocycles. The number of fused-ring (bicyclic) bond motifs is 1. The molecule has 1 aliphatic carbocycles. The van der Waals surface area contributed by atoms with E-state index in [0.29, 0.717) is 13.0 Å². The first-order valence-electron chi connectivity index (χ1n) is 7.22. The monoisotopic (exact) mass is 322 g/mol. The summed E-state index contributed by atoms with van der Waals surface area (Å²) in [5.74, 6) is 1.84. The van der Waals surface area contributed by atoms with Gasteiger partial charge >= 0.3 is 0 Å². The van der Waals surface area contributed by atoms with Gasteiger partial charge in [0.25, 0.3) is 0 Å². The summed E-state index contributed by atoms with van der Waals surface area (Å²) in [5, 5.41) is 0. The predicted octanol–water partition coefficient (Wildman–Crippen LogP) is 4.54. The molecular formula is C16H19BrO2. The Balaban J connectivity index is 1.72. The highest BCUT2D eigenvalue weighted by molar-refractivity contribution is 9.10. The Morgan fingerprint density at radius 2 is 2.11 bits per heavy atom. The lowest BCUT2D eigenvalue weighted by Gasteiger charge is -2.10. The number of halogens is 1. The second kappa shape index (κ2) is 5.66. The number of carbonyl (C=O) groups is 1. The Kier molecular flexibility index (Phi) is 3.92. The largest absolute Gasteiger partial charge is 0.492 e. The minimum absolute atomic E-state index is 0.242. The van der Waals surface area contributed by atoms with Crippen LogP contribution >= 0.6 is 15.9 Å². The number of Topliss-reactive ketones (excluding diaryl/α,β-unsaturated/α-hetero) is 1. The molecule has 1 aromatic rings. The third-order valence-corrected chi connectivity index (χ3v) is 4.76. The summed E-state index contributed by atoms with van der Waals surface area (Å²) < 4.78 is 6.62. The molecule has 0 atom stereocenters. The van der Waals surface area contributed by atoms with Crippen LogP contribution in [-0.4, -0.2) is 12.4 Å². The Morgan fingerprint density at radius 1 is 1.32 bits per heavy atom. The van der Waals surface area contributed by atoms with Gasteiger partial charge in [0, 0.05) is 17.3 Å². The molecule has 3 rings (SSSR count). The average molecular weight is 323 g/mol. The van der Waals surface area contributed by atoms with Crippen molar-refractivity contribution in [3.8, 4) is 5.75 Å². The zero-order chi connectivity index (χ0) is 13.2. The quantitative estimate of drug-likeness (QED) is 0.761. The number of rotatable bonds is 4. The van der Waals surface area contributed by atoms with Crippen molar-refractivity contribution in [1.29, 1.82) is 0 Å². The van der Waals surface area contributed by atoms with E-state index in [9.17, 15) is 4.79 Å². The third kappa shape index (κ3) is 2.86. The summed E-state index contributed by atoms with van der Waals surface area (Å²) in [6, 6.07) is 3.98. The summed E-state index contributed by atoms with van der Waals surface area (Å²) in [7, 11) is 0. The lowest BCUT2D eigenvalue weighted by Crippen LogP contribution is -2.05. The van der Waals surface area contributed by atoms with Gasteiger partial charge in [-0.25, -0.2) is 0 Å². The van der Waals surface area contributed by atoms with Crippen LogP contribution in [0.5, 0.6) is 5.75 Å². The van der Waals surface area contributed by atoms with E-state index in [4.69, 9.17) is 4.74 Å². The molecule has 1 fully saturated rings. The highest BCUT2D eigenvalue weighted by Gasteiger charge is 2.23. The predicted molar refractivity (Wildman–Crippen MR) is 78.9 cm³/mol. The molecule has 0 unspecified atom stereocenters. The Labute approximate surface area is 122 Å². The van der Waals surface area contributed by atoms with Gasteiger partial charge in [0.05, 0.1) is 12.2 Å². The minimum Gasteiger partial charge on any atom is -0.492 e. The van der Waals surface area contributed by atoms with Gasteiger partial charge in [0.1, 0.15) is 5.75 Å². The molecule has 19 heavy (non-hydrogen) atoms. The molecule has 102 valence electrons. The number of benzene rings is 1. The van der Waals surface area contributed by atoms with Crippen LogP contribution < -0.4 is 4.74 Å². The zero-order valence-electron chi connectivity index (χ0n) is 11.1. The van der Waals surface area contributed by atoms with E-state index in [-0.39, 0.29) is 5.78 Å². The first-order valence-corrected chi connectivity index (χ1v) is 8.02. The summed E-state index contributed by atoms with van der Waals surface area (Å²) in [5.41, 5.74) is 1.94. The molecule has 0 bridgehead atoms. The van der Waals surface area contributed by atoms with Gasteiger partial charge in [-0.05, 0) is 30.0 Å². The van der Waals surface area contributed by atoms with Crippen LogP contribution in [0.2, 0.25) is 0 Å². The zero-order valence-corrected chi connectivity index (χ0v) is 12.7. The van der Waals surface area contributed by atoms with Gasteiger partial charge in [-0.2, -0.15) is 0 Å². The highest BCUT2D eigenvalue weighted by Crippen LogP contribution is 2.35. The second-order valence-corrected chi connectivity index (χ2v) is 6.57. The molecule has 1 aliphatic heterocycles. The second-order valence-electron chi connectivity index (χ2n) is 5.65. The normalized spacial score (nSPS) is 18.4. The number of hydrogen-bond donors (Lipinski definition) is 0. The Bertz CT molecular complexity index is 490. The van der Waals surface area contributed by atoms with Crippen molar-refractivity contribution >= 4 is 21.7 Å². The molecular weight excluding hydrogens is 304 g/mol. The van der Waals surface area contributed by atoms with E-state index in [0.717, 1.165) is 34.5 Å². The van der Waals surface area contributed by atoms with Crippen LogP contribution in [0.1, 0.15) is 54.4 Å². The fourth-order valence-electron chi connectivity index (χ4n) is 3.25. The van der Waals surface area contributed by atoms with Crippen molar-refractivity contribution in [2.75, 3.05) is 6.61 Å². The van der Waals surface area contributed by atoms with E-state index in [1.54, 1.807) is 0 Å². The van der Waals surface area contributed by atoms with Gasteiger partial charge in [-0.1, -0.05) is 41.6 Å². The molecule has 1 aromatic carbocycles. The lowest BCUT2D eigenvalue weighted by molar-refractivity contribution is 0.0970. The summed E-state index contributed by atoms with van der Waals surface area (Å²) in [6.07, 6.45) is 7.91.